The normalized spacial score (nSPS) is 19.2. The highest BCUT2D eigenvalue weighted by molar-refractivity contribution is 7.16. The SMILES string of the molecule is Cc1ccc(-n2nccn2)c(C(=O)N2CC[C@H]3CN(c4nc(-c5cccc(F)c5)c(C)s4)[C@@H]3C2)c1F. The molecule has 2 aromatic heterocycles. The van der Waals surface area contributed by atoms with E-state index in [9.17, 15) is 9.18 Å². The molecule has 2 saturated heterocycles. The van der Waals surface area contributed by atoms with Crippen molar-refractivity contribution in [3.05, 3.63) is 76.4 Å². The number of benzene rings is 2. The lowest BCUT2D eigenvalue weighted by molar-refractivity contribution is 0.0587. The first-order valence-corrected chi connectivity index (χ1v) is 12.7. The standard InChI is InChI=1S/C26H24F2N6OS/c1-15-6-7-20(34-29-9-10-30-34)22(23(15)28)25(35)32-11-8-18-13-33(21(18)14-32)26-31-24(16(2)36-26)17-4-3-5-19(27)12-17/h3-7,9-10,12,18,21H,8,11,13-14H2,1-2H3/t18-,21+/m0/s1. The van der Waals surface area contributed by atoms with Crippen LogP contribution in [0, 0.1) is 31.4 Å². The Kier molecular flexibility index (Phi) is 5.55. The van der Waals surface area contributed by atoms with E-state index >= 15 is 4.39 Å². The number of aryl methyl sites for hydroxylation is 2. The zero-order valence-electron chi connectivity index (χ0n) is 19.9. The van der Waals surface area contributed by atoms with E-state index in [4.69, 9.17) is 4.98 Å². The number of carbonyl (C=O) groups is 1. The second-order valence-electron chi connectivity index (χ2n) is 9.34. The van der Waals surface area contributed by atoms with Crippen molar-refractivity contribution in [2.24, 2.45) is 5.92 Å². The zero-order valence-corrected chi connectivity index (χ0v) is 20.7. The molecule has 10 heteroatoms. The Bertz CT molecular complexity index is 1450. The number of amides is 1. The lowest BCUT2D eigenvalue weighted by Gasteiger charge is -2.53. The van der Waals surface area contributed by atoms with Crippen molar-refractivity contribution in [3.63, 3.8) is 0 Å². The molecule has 0 saturated carbocycles. The molecular weight excluding hydrogens is 482 g/mol. The maximum Gasteiger partial charge on any atom is 0.259 e. The summed E-state index contributed by atoms with van der Waals surface area (Å²) >= 11 is 1.57. The van der Waals surface area contributed by atoms with Gasteiger partial charge in [0.25, 0.3) is 5.91 Å². The summed E-state index contributed by atoms with van der Waals surface area (Å²) in [5, 5.41) is 9.08. The third-order valence-corrected chi connectivity index (χ3v) is 8.14. The summed E-state index contributed by atoms with van der Waals surface area (Å²) in [5.41, 5.74) is 2.25. The van der Waals surface area contributed by atoms with Gasteiger partial charge in [-0.15, -0.1) is 11.3 Å². The van der Waals surface area contributed by atoms with Crippen LogP contribution >= 0.6 is 11.3 Å². The number of fused-ring (bicyclic) bond motifs is 1. The maximum absolute atomic E-state index is 15.3. The number of hydrogen-bond acceptors (Lipinski definition) is 6. The lowest BCUT2D eigenvalue weighted by Crippen LogP contribution is -2.65. The van der Waals surface area contributed by atoms with Crippen molar-refractivity contribution < 1.29 is 13.6 Å². The fourth-order valence-electron chi connectivity index (χ4n) is 5.15. The molecule has 2 atom stereocenters. The van der Waals surface area contributed by atoms with Gasteiger partial charge < -0.3 is 9.80 Å². The van der Waals surface area contributed by atoms with E-state index in [1.54, 1.807) is 41.4 Å². The number of rotatable bonds is 4. The number of halogens is 2. The van der Waals surface area contributed by atoms with Crippen LogP contribution in [0.3, 0.4) is 0 Å². The first-order chi connectivity index (χ1) is 17.4. The summed E-state index contributed by atoms with van der Waals surface area (Å²) in [6.07, 6.45) is 3.84. The molecule has 2 aliphatic rings. The van der Waals surface area contributed by atoms with Gasteiger partial charge in [-0.25, -0.2) is 13.8 Å². The zero-order chi connectivity index (χ0) is 25.0. The molecule has 4 aromatic rings. The molecule has 2 aromatic carbocycles. The molecule has 0 unspecified atom stereocenters. The third-order valence-electron chi connectivity index (χ3n) is 7.13. The van der Waals surface area contributed by atoms with Gasteiger partial charge in [0, 0.05) is 36.0 Å². The second-order valence-corrected chi connectivity index (χ2v) is 10.5. The second kappa shape index (κ2) is 8.77. The van der Waals surface area contributed by atoms with E-state index in [-0.39, 0.29) is 23.3 Å². The number of aromatic nitrogens is 4. The van der Waals surface area contributed by atoms with Crippen LogP contribution in [0.4, 0.5) is 13.9 Å². The van der Waals surface area contributed by atoms with Crippen LogP contribution in [0.25, 0.3) is 16.9 Å². The quantitative estimate of drug-likeness (QED) is 0.404. The van der Waals surface area contributed by atoms with Gasteiger partial charge in [-0.1, -0.05) is 18.2 Å². The molecule has 0 aliphatic carbocycles. The van der Waals surface area contributed by atoms with Gasteiger partial charge in [-0.05, 0) is 44.0 Å². The summed E-state index contributed by atoms with van der Waals surface area (Å²) in [6.45, 7) is 5.55. The number of piperidine rings is 1. The summed E-state index contributed by atoms with van der Waals surface area (Å²) in [4.78, 5) is 24.7. The Hall–Kier alpha value is -3.66. The summed E-state index contributed by atoms with van der Waals surface area (Å²) in [7, 11) is 0. The number of thiazole rings is 1. The van der Waals surface area contributed by atoms with Gasteiger partial charge in [-0.2, -0.15) is 15.0 Å². The molecule has 0 N–H and O–H groups in total. The lowest BCUT2D eigenvalue weighted by atomic mass is 9.82. The highest BCUT2D eigenvalue weighted by atomic mass is 32.1. The number of nitrogens with zero attached hydrogens (tertiary/aromatic N) is 6. The number of carbonyl (C=O) groups excluding carboxylic acids is 1. The molecule has 4 heterocycles. The predicted molar refractivity (Wildman–Crippen MR) is 133 cm³/mol. The van der Waals surface area contributed by atoms with Crippen molar-refractivity contribution in [1.29, 1.82) is 0 Å². The van der Waals surface area contributed by atoms with Crippen LogP contribution in [0.15, 0.2) is 48.8 Å². The van der Waals surface area contributed by atoms with Crippen molar-refractivity contribution >= 4 is 22.4 Å². The molecule has 2 fully saturated rings. The first kappa shape index (κ1) is 22.8. The molecule has 1 amide bonds. The molecule has 0 spiro atoms. The summed E-state index contributed by atoms with van der Waals surface area (Å²) in [5.74, 6) is -0.743. The Morgan fingerprint density at radius 3 is 2.67 bits per heavy atom. The van der Waals surface area contributed by atoms with Gasteiger partial charge in [-0.3, -0.25) is 4.79 Å². The Labute approximate surface area is 211 Å². The maximum atomic E-state index is 15.3. The van der Waals surface area contributed by atoms with E-state index < -0.39 is 5.82 Å². The van der Waals surface area contributed by atoms with Crippen molar-refractivity contribution in [2.75, 3.05) is 24.5 Å². The molecule has 0 radical (unpaired) electrons. The van der Waals surface area contributed by atoms with Crippen molar-refractivity contribution in [2.45, 2.75) is 26.3 Å². The number of hydrogen-bond donors (Lipinski definition) is 0. The Morgan fingerprint density at radius 2 is 1.89 bits per heavy atom. The first-order valence-electron chi connectivity index (χ1n) is 11.9. The summed E-state index contributed by atoms with van der Waals surface area (Å²) in [6, 6.07) is 9.88. The van der Waals surface area contributed by atoms with E-state index in [1.807, 2.05) is 13.0 Å². The van der Waals surface area contributed by atoms with Crippen molar-refractivity contribution in [3.8, 4) is 16.9 Å². The van der Waals surface area contributed by atoms with E-state index in [0.29, 0.717) is 30.3 Å². The van der Waals surface area contributed by atoms with Crippen LogP contribution in [0.2, 0.25) is 0 Å². The summed E-state index contributed by atoms with van der Waals surface area (Å²) < 4.78 is 29.0. The average Bonchev–Trinajstić information content (AvgIpc) is 3.51. The minimum Gasteiger partial charge on any atom is -0.343 e. The van der Waals surface area contributed by atoms with Gasteiger partial charge in [0.15, 0.2) is 5.13 Å². The van der Waals surface area contributed by atoms with E-state index in [2.05, 4.69) is 15.1 Å². The van der Waals surface area contributed by atoms with Crippen LogP contribution < -0.4 is 4.90 Å². The van der Waals surface area contributed by atoms with Crippen LogP contribution in [-0.4, -0.2) is 56.5 Å². The van der Waals surface area contributed by atoms with Gasteiger partial charge in [0.1, 0.15) is 22.9 Å². The van der Waals surface area contributed by atoms with Crippen LogP contribution in [0.1, 0.15) is 27.2 Å². The highest BCUT2D eigenvalue weighted by Gasteiger charge is 2.45. The van der Waals surface area contributed by atoms with Gasteiger partial charge >= 0.3 is 0 Å². The minimum absolute atomic E-state index is 0.00555. The highest BCUT2D eigenvalue weighted by Crippen LogP contribution is 2.41. The fraction of sp³-hybridized carbons (Fsp3) is 0.308. The average molecular weight is 507 g/mol. The van der Waals surface area contributed by atoms with E-state index in [0.717, 1.165) is 34.2 Å². The largest absolute Gasteiger partial charge is 0.343 e. The van der Waals surface area contributed by atoms with Crippen LogP contribution in [0.5, 0.6) is 0 Å². The van der Waals surface area contributed by atoms with Gasteiger partial charge in [0.05, 0.1) is 24.1 Å². The monoisotopic (exact) mass is 506 g/mol. The smallest absolute Gasteiger partial charge is 0.259 e. The molecule has 2 aliphatic heterocycles. The molecule has 6 rings (SSSR count). The van der Waals surface area contributed by atoms with Crippen LogP contribution in [-0.2, 0) is 0 Å². The third kappa shape index (κ3) is 3.76. The minimum atomic E-state index is -0.544. The molecular formula is C26H24F2N6OS. The molecule has 7 nitrogen and oxygen atoms in total. The van der Waals surface area contributed by atoms with E-state index in [1.165, 1.54) is 29.3 Å². The topological polar surface area (TPSA) is 67.2 Å². The molecule has 0 bridgehead atoms. The fourth-order valence-corrected chi connectivity index (χ4v) is 6.15. The van der Waals surface area contributed by atoms with Gasteiger partial charge in [0.2, 0.25) is 0 Å². The Morgan fingerprint density at radius 1 is 1.08 bits per heavy atom. The van der Waals surface area contributed by atoms with Crippen molar-refractivity contribution in [1.82, 2.24) is 24.9 Å². The molecule has 184 valence electrons. The number of anilines is 1. The number of likely N-dealkylation sites (tertiary alicyclic amines) is 1. The molecule has 36 heavy (non-hydrogen) atoms. The predicted octanol–water partition coefficient (Wildman–Crippen LogP) is 4.64. The Balaban J connectivity index is 1.26.